The molecule has 0 atom stereocenters. The van der Waals surface area contributed by atoms with Crippen LogP contribution in [0.5, 0.6) is 0 Å². The van der Waals surface area contributed by atoms with Gasteiger partial charge in [-0.25, -0.2) is 8.42 Å². The Balaban J connectivity index is 2.14. The number of anilines is 1. The molecule has 0 saturated carbocycles. The second-order valence-corrected chi connectivity index (χ2v) is 6.50. The molecule has 0 radical (unpaired) electrons. The van der Waals surface area contributed by atoms with E-state index in [2.05, 4.69) is 21.9 Å². The number of carbonyl (C=O) groups excluding carboxylic acids is 1. The predicted molar refractivity (Wildman–Crippen MR) is 92.8 cm³/mol. The largest absolute Gasteiger partial charge is 0.322 e. The summed E-state index contributed by atoms with van der Waals surface area (Å²) in [4.78, 5) is 12.2. The van der Waals surface area contributed by atoms with Crippen LogP contribution in [0.4, 0.5) is 5.69 Å². The molecule has 0 saturated heterocycles. The molecule has 1 amide bonds. The summed E-state index contributed by atoms with van der Waals surface area (Å²) in [6.07, 6.45) is 10.3. The van der Waals surface area contributed by atoms with E-state index in [-0.39, 0.29) is 17.3 Å². The Morgan fingerprint density at radius 1 is 1.08 bits per heavy atom. The van der Waals surface area contributed by atoms with E-state index in [0.717, 1.165) is 0 Å². The van der Waals surface area contributed by atoms with E-state index in [1.807, 2.05) is 0 Å². The molecule has 5 nitrogen and oxygen atoms in total. The van der Waals surface area contributed by atoms with Gasteiger partial charge in [0, 0.05) is 16.8 Å². The van der Waals surface area contributed by atoms with Gasteiger partial charge in [0.1, 0.15) is 0 Å². The van der Waals surface area contributed by atoms with Crippen LogP contribution in [0.3, 0.4) is 0 Å². The van der Waals surface area contributed by atoms with Gasteiger partial charge in [0.15, 0.2) is 0 Å². The summed E-state index contributed by atoms with van der Waals surface area (Å²) in [7, 11) is -3.68. The zero-order valence-electron chi connectivity index (χ0n) is 12.6. The standard InChI is InChI=1S/C18H14N2O3S/c1-3-12-19-24(22,23)17-10-8-15(9-11-17)18(21)20-16-7-5-6-14(4-2)13-16/h1-2,5-11,13,19H,12H2,(H,20,21). The number of hydrogen-bond donors (Lipinski definition) is 2. The van der Waals surface area contributed by atoms with Crippen molar-refractivity contribution in [2.75, 3.05) is 11.9 Å². The van der Waals surface area contributed by atoms with Gasteiger partial charge in [0.2, 0.25) is 10.0 Å². The van der Waals surface area contributed by atoms with Gasteiger partial charge in [-0.15, -0.1) is 12.8 Å². The Morgan fingerprint density at radius 3 is 2.42 bits per heavy atom. The van der Waals surface area contributed by atoms with E-state index in [4.69, 9.17) is 12.8 Å². The minimum Gasteiger partial charge on any atom is -0.322 e. The van der Waals surface area contributed by atoms with Crippen molar-refractivity contribution in [1.29, 1.82) is 0 Å². The normalized spacial score (nSPS) is 10.4. The third-order valence-corrected chi connectivity index (χ3v) is 4.50. The smallest absolute Gasteiger partial charge is 0.255 e. The Morgan fingerprint density at radius 2 is 1.79 bits per heavy atom. The summed E-state index contributed by atoms with van der Waals surface area (Å²) >= 11 is 0. The van der Waals surface area contributed by atoms with Gasteiger partial charge < -0.3 is 5.32 Å². The predicted octanol–water partition coefficient (Wildman–Crippen LogP) is 1.83. The van der Waals surface area contributed by atoms with Crippen molar-refractivity contribution < 1.29 is 13.2 Å². The number of terminal acetylenes is 2. The molecule has 24 heavy (non-hydrogen) atoms. The molecule has 0 aliphatic rings. The lowest BCUT2D eigenvalue weighted by Crippen LogP contribution is -2.24. The second-order valence-electron chi connectivity index (χ2n) is 4.73. The third kappa shape index (κ3) is 4.23. The number of nitrogens with one attached hydrogen (secondary N) is 2. The highest BCUT2D eigenvalue weighted by atomic mass is 32.2. The molecular weight excluding hydrogens is 324 g/mol. The first-order valence-corrected chi connectivity index (χ1v) is 8.36. The lowest BCUT2D eigenvalue weighted by Gasteiger charge is -2.07. The number of sulfonamides is 1. The molecule has 0 bridgehead atoms. The fourth-order valence-corrected chi connectivity index (χ4v) is 2.83. The van der Waals surface area contributed by atoms with Crippen LogP contribution < -0.4 is 10.0 Å². The SMILES string of the molecule is C#CCNS(=O)(=O)c1ccc(C(=O)Nc2cccc(C#C)c2)cc1. The summed E-state index contributed by atoms with van der Waals surface area (Å²) < 4.78 is 26.1. The van der Waals surface area contributed by atoms with Gasteiger partial charge in [0.05, 0.1) is 11.4 Å². The fourth-order valence-electron chi connectivity index (χ4n) is 1.90. The maximum atomic E-state index is 12.2. The molecule has 0 aliphatic heterocycles. The van der Waals surface area contributed by atoms with Gasteiger partial charge in [-0.2, -0.15) is 4.72 Å². The summed E-state index contributed by atoms with van der Waals surface area (Å²) in [5.41, 5.74) is 1.52. The molecule has 0 unspecified atom stereocenters. The van der Waals surface area contributed by atoms with Crippen LogP contribution in [0.25, 0.3) is 0 Å². The van der Waals surface area contributed by atoms with Gasteiger partial charge >= 0.3 is 0 Å². The highest BCUT2D eigenvalue weighted by Crippen LogP contribution is 2.14. The van der Waals surface area contributed by atoms with Crippen molar-refractivity contribution >= 4 is 21.6 Å². The van der Waals surface area contributed by atoms with Crippen LogP contribution in [0, 0.1) is 24.7 Å². The van der Waals surface area contributed by atoms with E-state index in [0.29, 0.717) is 16.8 Å². The summed E-state index contributed by atoms with van der Waals surface area (Å²) in [6, 6.07) is 12.4. The van der Waals surface area contributed by atoms with E-state index in [1.54, 1.807) is 24.3 Å². The number of rotatable bonds is 5. The van der Waals surface area contributed by atoms with Crippen molar-refractivity contribution in [2.24, 2.45) is 0 Å². The molecular formula is C18H14N2O3S. The minimum atomic E-state index is -3.68. The van der Waals surface area contributed by atoms with E-state index < -0.39 is 10.0 Å². The number of benzene rings is 2. The van der Waals surface area contributed by atoms with Gasteiger partial charge in [-0.1, -0.05) is 17.9 Å². The van der Waals surface area contributed by atoms with Crippen LogP contribution in [0.2, 0.25) is 0 Å². The molecule has 0 aromatic heterocycles. The first-order chi connectivity index (χ1) is 11.5. The topological polar surface area (TPSA) is 75.3 Å². The van der Waals surface area contributed by atoms with Gasteiger partial charge in [0.25, 0.3) is 5.91 Å². The van der Waals surface area contributed by atoms with Crippen molar-refractivity contribution in [1.82, 2.24) is 4.72 Å². The zero-order valence-corrected chi connectivity index (χ0v) is 13.4. The molecule has 2 aromatic rings. The lowest BCUT2D eigenvalue weighted by atomic mass is 10.2. The third-order valence-electron chi connectivity index (χ3n) is 3.08. The first kappa shape index (κ1) is 17.3. The highest BCUT2D eigenvalue weighted by molar-refractivity contribution is 7.89. The summed E-state index contributed by atoms with van der Waals surface area (Å²) in [5, 5.41) is 2.70. The van der Waals surface area contributed by atoms with Crippen LogP contribution in [0.1, 0.15) is 15.9 Å². The van der Waals surface area contributed by atoms with Gasteiger partial charge in [-0.05, 0) is 42.5 Å². The molecule has 6 heteroatoms. The maximum absolute atomic E-state index is 12.2. The van der Waals surface area contributed by atoms with Crippen LogP contribution in [-0.4, -0.2) is 20.9 Å². The number of amides is 1. The molecule has 2 aromatic carbocycles. The Kier molecular flexibility index (Phi) is 5.39. The molecule has 2 rings (SSSR count). The lowest BCUT2D eigenvalue weighted by molar-refractivity contribution is 0.102. The molecule has 0 heterocycles. The Labute approximate surface area is 141 Å². The van der Waals surface area contributed by atoms with E-state index in [9.17, 15) is 13.2 Å². The van der Waals surface area contributed by atoms with Crippen molar-refractivity contribution in [2.45, 2.75) is 4.90 Å². The van der Waals surface area contributed by atoms with Gasteiger partial charge in [-0.3, -0.25) is 4.79 Å². The minimum absolute atomic E-state index is 0.0311. The molecule has 120 valence electrons. The molecule has 0 fully saturated rings. The number of hydrogen-bond acceptors (Lipinski definition) is 3. The first-order valence-electron chi connectivity index (χ1n) is 6.87. The van der Waals surface area contributed by atoms with E-state index in [1.165, 1.54) is 24.3 Å². The van der Waals surface area contributed by atoms with Crippen LogP contribution in [-0.2, 0) is 10.0 Å². The monoisotopic (exact) mass is 338 g/mol. The van der Waals surface area contributed by atoms with Crippen molar-refractivity contribution in [3.63, 3.8) is 0 Å². The Bertz CT molecular complexity index is 933. The molecule has 0 aliphatic carbocycles. The summed E-state index contributed by atoms with van der Waals surface area (Å²) in [5.74, 6) is 4.30. The quantitative estimate of drug-likeness (QED) is 0.817. The highest BCUT2D eigenvalue weighted by Gasteiger charge is 2.14. The molecule has 2 N–H and O–H groups in total. The van der Waals surface area contributed by atoms with Crippen LogP contribution in [0.15, 0.2) is 53.4 Å². The second kappa shape index (κ2) is 7.47. The fraction of sp³-hybridized carbons (Fsp3) is 0.0556. The average molecular weight is 338 g/mol. The molecule has 0 spiro atoms. The van der Waals surface area contributed by atoms with E-state index >= 15 is 0 Å². The Hall–Kier alpha value is -3.06. The number of carbonyl (C=O) groups is 1. The average Bonchev–Trinajstić information content (AvgIpc) is 2.60. The summed E-state index contributed by atoms with van der Waals surface area (Å²) in [6.45, 7) is -0.101. The van der Waals surface area contributed by atoms with Crippen molar-refractivity contribution in [3.8, 4) is 24.7 Å². The van der Waals surface area contributed by atoms with Crippen LogP contribution >= 0.6 is 0 Å². The maximum Gasteiger partial charge on any atom is 0.255 e. The van der Waals surface area contributed by atoms with Crippen molar-refractivity contribution in [3.05, 3.63) is 59.7 Å². The zero-order chi connectivity index (χ0) is 17.6.